The Hall–Kier alpha value is -2.77. The highest BCUT2D eigenvalue weighted by Crippen LogP contribution is 2.70. The van der Waals surface area contributed by atoms with Crippen molar-refractivity contribution in [3.8, 4) is 0 Å². The number of hydrogen-bond acceptors (Lipinski definition) is 3. The Kier molecular flexibility index (Phi) is 5.34. The first-order chi connectivity index (χ1) is 18.3. The Bertz CT molecular complexity index is 1390. The summed E-state index contributed by atoms with van der Waals surface area (Å²) in [5, 5.41) is 0. The van der Waals surface area contributed by atoms with Crippen LogP contribution < -0.4 is 4.90 Å². The van der Waals surface area contributed by atoms with E-state index >= 15 is 0 Å². The zero-order valence-corrected chi connectivity index (χ0v) is 24.0. The van der Waals surface area contributed by atoms with Gasteiger partial charge in [-0.2, -0.15) is 0 Å². The van der Waals surface area contributed by atoms with Crippen molar-refractivity contribution in [2.75, 3.05) is 18.0 Å². The van der Waals surface area contributed by atoms with E-state index in [-0.39, 0.29) is 17.7 Å². The lowest BCUT2D eigenvalue weighted by Gasteiger charge is -2.55. The van der Waals surface area contributed by atoms with Crippen molar-refractivity contribution in [2.24, 2.45) is 17.8 Å². The van der Waals surface area contributed by atoms with Crippen LogP contribution in [0, 0.1) is 17.8 Å². The topological polar surface area (TPSA) is 57.7 Å². The minimum absolute atomic E-state index is 0.000963. The van der Waals surface area contributed by atoms with Crippen LogP contribution in [0.1, 0.15) is 52.4 Å². The van der Waals surface area contributed by atoms with Gasteiger partial charge in [-0.25, -0.2) is 4.90 Å². The summed E-state index contributed by atoms with van der Waals surface area (Å²) in [6, 6.07) is 23.1. The van der Waals surface area contributed by atoms with Crippen molar-refractivity contribution in [1.29, 1.82) is 0 Å². The van der Waals surface area contributed by atoms with E-state index in [1.165, 1.54) is 4.90 Å². The average molecular weight is 634 g/mol. The molecule has 38 heavy (non-hydrogen) atoms. The molecule has 7 heteroatoms. The molecule has 0 radical (unpaired) electrons. The van der Waals surface area contributed by atoms with Gasteiger partial charge in [0.1, 0.15) is 0 Å². The van der Waals surface area contributed by atoms with Crippen molar-refractivity contribution in [3.05, 3.63) is 101 Å². The molecule has 2 heterocycles. The molecule has 8 rings (SSSR count). The number of piperidine rings is 1. The van der Waals surface area contributed by atoms with Gasteiger partial charge in [0.15, 0.2) is 0 Å². The van der Waals surface area contributed by atoms with Crippen molar-refractivity contribution >= 4 is 55.3 Å². The van der Waals surface area contributed by atoms with E-state index in [2.05, 4.69) is 63.0 Å². The molecule has 0 N–H and O–H groups in total. The van der Waals surface area contributed by atoms with Crippen LogP contribution in [0.4, 0.5) is 5.69 Å². The van der Waals surface area contributed by atoms with Gasteiger partial charge in [-0.3, -0.25) is 14.4 Å². The van der Waals surface area contributed by atoms with E-state index in [1.54, 1.807) is 24.3 Å². The molecule has 3 aromatic rings. The molecule has 2 bridgehead atoms. The molecule has 2 fully saturated rings. The number of halogens is 2. The first kappa shape index (κ1) is 24.3. The molecule has 3 aliphatic carbocycles. The summed E-state index contributed by atoms with van der Waals surface area (Å²) in [6.45, 7) is 3.74. The number of likely N-dealkylation sites (tertiary alicyclic amines) is 1. The third-order valence-corrected chi connectivity index (χ3v) is 11.7. The largest absolute Gasteiger partial charge is 0.339 e. The Balaban J connectivity index is 1.28. The van der Waals surface area contributed by atoms with E-state index in [0.29, 0.717) is 17.2 Å². The van der Waals surface area contributed by atoms with Gasteiger partial charge in [0.05, 0.1) is 26.2 Å². The lowest BCUT2D eigenvalue weighted by molar-refractivity contribution is -0.122. The van der Waals surface area contributed by atoms with Crippen molar-refractivity contribution < 1.29 is 14.4 Å². The van der Waals surface area contributed by atoms with Crippen LogP contribution >= 0.6 is 31.9 Å². The Morgan fingerprint density at radius 1 is 0.737 bits per heavy atom. The predicted molar refractivity (Wildman–Crippen MR) is 153 cm³/mol. The van der Waals surface area contributed by atoms with Crippen LogP contribution in [0.25, 0.3) is 0 Å². The van der Waals surface area contributed by atoms with Crippen LogP contribution in [0.3, 0.4) is 0 Å². The molecule has 2 saturated heterocycles. The Morgan fingerprint density at radius 3 is 1.58 bits per heavy atom. The quantitative estimate of drug-likeness (QED) is 0.258. The van der Waals surface area contributed by atoms with Crippen molar-refractivity contribution in [3.63, 3.8) is 0 Å². The van der Waals surface area contributed by atoms with Gasteiger partial charge in [-0.15, -0.1) is 0 Å². The number of benzene rings is 3. The van der Waals surface area contributed by atoms with Gasteiger partial charge in [0, 0.05) is 18.7 Å². The van der Waals surface area contributed by atoms with Crippen LogP contribution in [0.15, 0.2) is 72.8 Å². The van der Waals surface area contributed by atoms with Crippen LogP contribution in [0.2, 0.25) is 0 Å². The molecule has 0 unspecified atom stereocenters. The number of carbonyl (C=O) groups excluding carboxylic acids is 3. The average Bonchev–Trinajstić information content (AvgIpc) is 3.22. The number of amides is 3. The van der Waals surface area contributed by atoms with Crippen LogP contribution in [-0.4, -0.2) is 35.7 Å². The first-order valence-electron chi connectivity index (χ1n) is 13.1. The van der Waals surface area contributed by atoms with Gasteiger partial charge in [-0.1, -0.05) is 87.3 Å². The zero-order valence-electron chi connectivity index (χ0n) is 20.9. The number of carbonyl (C=O) groups is 3. The third kappa shape index (κ3) is 3.00. The first-order valence-corrected chi connectivity index (χ1v) is 14.7. The summed E-state index contributed by atoms with van der Waals surface area (Å²) in [5.41, 5.74) is 5.12. The maximum atomic E-state index is 14.2. The molecular weight excluding hydrogens is 608 g/mol. The molecular formula is C31H26Br2N2O3. The molecule has 2 atom stereocenters. The fourth-order valence-electron chi connectivity index (χ4n) is 7.07. The second-order valence-electron chi connectivity index (χ2n) is 11.0. The van der Waals surface area contributed by atoms with E-state index in [9.17, 15) is 14.4 Å². The summed E-state index contributed by atoms with van der Waals surface area (Å²) in [4.78, 5) is 44.7. The Labute approximate surface area is 238 Å². The maximum Gasteiger partial charge on any atom is 0.253 e. The molecule has 0 saturated carbocycles. The zero-order chi connectivity index (χ0) is 26.4. The fourth-order valence-corrected chi connectivity index (χ4v) is 9.37. The predicted octanol–water partition coefficient (Wildman–Crippen LogP) is 5.97. The second-order valence-corrected chi connectivity index (χ2v) is 13.5. The number of hydrogen-bond donors (Lipinski definition) is 0. The van der Waals surface area contributed by atoms with Gasteiger partial charge in [0.25, 0.3) is 5.91 Å². The fraction of sp³-hybridized carbons (Fsp3) is 0.323. The van der Waals surface area contributed by atoms with Crippen molar-refractivity contribution in [1.82, 2.24) is 4.90 Å². The number of imide groups is 1. The van der Waals surface area contributed by atoms with E-state index in [1.807, 2.05) is 29.2 Å². The van der Waals surface area contributed by atoms with E-state index in [4.69, 9.17) is 0 Å². The standard InChI is InChI=1S/C31H26Br2N2O3/c1-18-14-16-34(17-15-18)27(36)19-10-12-20(13-11-19)35-28(37)25-26(29(35)38)31(33)22-7-3-2-6-21(22)30(25,32)23-8-4-5-9-24(23)31/h2-13,18,25-26H,14-17H2,1H3/t25-,26-,30?,31?/m0/s1. The molecule has 192 valence electrons. The number of nitrogens with zero attached hydrogens (tertiary/aromatic N) is 2. The SMILES string of the molecule is CC1CCN(C(=O)c2ccc(N3C(=O)[C@@H]4[C@@H](C3=O)C3(Br)c5ccccc5C4(Br)c4ccccc43)cc2)CC1. The van der Waals surface area contributed by atoms with Gasteiger partial charge < -0.3 is 4.90 Å². The molecule has 5 nitrogen and oxygen atoms in total. The lowest BCUT2D eigenvalue weighted by Crippen LogP contribution is -2.56. The van der Waals surface area contributed by atoms with Crippen LogP contribution in [0.5, 0.6) is 0 Å². The number of anilines is 1. The third-order valence-electron chi connectivity index (χ3n) is 9.03. The number of alkyl halides is 2. The minimum Gasteiger partial charge on any atom is -0.339 e. The van der Waals surface area contributed by atoms with E-state index in [0.717, 1.165) is 48.2 Å². The minimum atomic E-state index is -0.816. The summed E-state index contributed by atoms with van der Waals surface area (Å²) in [5.74, 6) is -1.05. The molecule has 2 aliphatic heterocycles. The van der Waals surface area contributed by atoms with Crippen LogP contribution in [-0.2, 0) is 18.2 Å². The molecule has 0 aromatic heterocycles. The highest BCUT2D eigenvalue weighted by atomic mass is 79.9. The maximum absolute atomic E-state index is 14.2. The summed E-state index contributed by atoms with van der Waals surface area (Å²) in [6.07, 6.45) is 2.02. The smallest absolute Gasteiger partial charge is 0.253 e. The molecule has 0 spiro atoms. The summed E-state index contributed by atoms with van der Waals surface area (Å²) >= 11 is 8.08. The highest BCUT2D eigenvalue weighted by Gasteiger charge is 2.72. The lowest BCUT2D eigenvalue weighted by atomic mass is 9.54. The highest BCUT2D eigenvalue weighted by molar-refractivity contribution is 9.10. The summed E-state index contributed by atoms with van der Waals surface area (Å²) < 4.78 is -1.63. The molecule has 5 aliphatic rings. The van der Waals surface area contributed by atoms with E-state index < -0.39 is 20.5 Å². The normalized spacial score (nSPS) is 29.8. The second kappa shape index (κ2) is 8.36. The van der Waals surface area contributed by atoms with Gasteiger partial charge in [-0.05, 0) is 65.3 Å². The van der Waals surface area contributed by atoms with Crippen molar-refractivity contribution in [2.45, 2.75) is 28.4 Å². The Morgan fingerprint density at radius 2 is 1.16 bits per heavy atom. The molecule has 3 aromatic carbocycles. The van der Waals surface area contributed by atoms with Gasteiger partial charge in [0.2, 0.25) is 11.8 Å². The van der Waals surface area contributed by atoms with Gasteiger partial charge >= 0.3 is 0 Å². The summed E-state index contributed by atoms with van der Waals surface area (Å²) in [7, 11) is 0. The number of rotatable bonds is 2. The molecule has 3 amide bonds. The monoisotopic (exact) mass is 632 g/mol.